The Morgan fingerprint density at radius 2 is 1.65 bits per heavy atom. The quantitative estimate of drug-likeness (QED) is 0.423. The Morgan fingerprint density at radius 1 is 1.00 bits per heavy atom. The Hall–Kier alpha value is -3.51. The molecule has 3 aromatic carbocycles. The summed E-state index contributed by atoms with van der Waals surface area (Å²) in [5, 5.41) is 0. The maximum atomic E-state index is 11.6. The molecule has 1 amide bonds. The molecule has 0 heterocycles. The zero-order valence-corrected chi connectivity index (χ0v) is 18.1. The van der Waals surface area contributed by atoms with Gasteiger partial charge in [-0.1, -0.05) is 36.4 Å². The molecule has 0 saturated heterocycles. The highest BCUT2D eigenvalue weighted by molar-refractivity contribution is 8.02. The van der Waals surface area contributed by atoms with Gasteiger partial charge in [-0.05, 0) is 54.2 Å². The number of para-hydroxylation sites is 1. The van der Waals surface area contributed by atoms with Gasteiger partial charge in [-0.3, -0.25) is 9.79 Å². The number of aliphatic imine (C=N–C) groups is 1. The number of hydrogen-bond acceptors (Lipinski definition) is 5. The van der Waals surface area contributed by atoms with Crippen molar-refractivity contribution in [3.05, 3.63) is 101 Å². The molecular formula is C25H24N2O3S. The number of benzene rings is 3. The van der Waals surface area contributed by atoms with Crippen LogP contribution in [-0.4, -0.2) is 19.7 Å². The Labute approximate surface area is 186 Å². The normalized spacial score (nSPS) is 11.1. The highest BCUT2D eigenvalue weighted by atomic mass is 32.2. The average Bonchev–Trinajstić information content (AvgIpc) is 2.79. The van der Waals surface area contributed by atoms with Gasteiger partial charge in [0.05, 0.1) is 12.7 Å². The molecule has 0 unspecified atom stereocenters. The summed E-state index contributed by atoms with van der Waals surface area (Å²) in [7, 11) is 1.66. The van der Waals surface area contributed by atoms with Crippen molar-refractivity contribution in [2.75, 3.05) is 7.11 Å². The summed E-state index contributed by atoms with van der Waals surface area (Å²) in [6.45, 7) is 3.59. The minimum atomic E-state index is -0.521. The smallest absolute Gasteiger partial charge is 0.252 e. The summed E-state index contributed by atoms with van der Waals surface area (Å²) < 4.78 is 11.0. The molecular weight excluding hydrogens is 408 g/mol. The molecule has 0 spiro atoms. The molecule has 0 radical (unpaired) electrons. The molecule has 6 heteroatoms. The van der Waals surface area contributed by atoms with E-state index in [2.05, 4.69) is 23.8 Å². The lowest BCUT2D eigenvalue weighted by molar-refractivity contribution is 0.0998. The molecule has 31 heavy (non-hydrogen) atoms. The molecule has 3 rings (SSSR count). The van der Waals surface area contributed by atoms with E-state index < -0.39 is 5.91 Å². The number of amides is 1. The molecule has 158 valence electrons. The molecule has 5 nitrogen and oxygen atoms in total. The summed E-state index contributed by atoms with van der Waals surface area (Å²) in [6, 6.07) is 22.7. The van der Waals surface area contributed by atoms with Crippen molar-refractivity contribution >= 4 is 24.4 Å². The van der Waals surface area contributed by atoms with Crippen LogP contribution in [0.4, 0.5) is 0 Å². The van der Waals surface area contributed by atoms with E-state index in [1.54, 1.807) is 49.3 Å². The van der Waals surface area contributed by atoms with Crippen LogP contribution < -0.4 is 15.2 Å². The number of thioether (sulfide) groups is 1. The van der Waals surface area contributed by atoms with Crippen LogP contribution in [0.3, 0.4) is 0 Å². The fraction of sp³-hybridized carbons (Fsp3) is 0.120. The van der Waals surface area contributed by atoms with E-state index >= 15 is 0 Å². The van der Waals surface area contributed by atoms with Gasteiger partial charge in [0.2, 0.25) is 0 Å². The first-order chi connectivity index (χ1) is 15.1. The van der Waals surface area contributed by atoms with Crippen LogP contribution in [-0.2, 0) is 12.2 Å². The van der Waals surface area contributed by atoms with Gasteiger partial charge in [0.15, 0.2) is 0 Å². The Morgan fingerprint density at radius 3 is 2.29 bits per heavy atom. The second kappa shape index (κ2) is 11.0. The van der Waals surface area contributed by atoms with Crippen LogP contribution in [0.5, 0.6) is 17.2 Å². The molecule has 0 aliphatic heterocycles. The largest absolute Gasteiger partial charge is 0.497 e. The molecule has 0 aliphatic carbocycles. The number of nitrogens with two attached hydrogens (primary N) is 1. The number of ether oxygens (including phenoxy) is 2. The maximum absolute atomic E-state index is 11.6. The average molecular weight is 433 g/mol. The van der Waals surface area contributed by atoms with Gasteiger partial charge in [0.25, 0.3) is 5.91 Å². The number of methoxy groups -OCH3 is 1. The predicted octanol–water partition coefficient (Wildman–Crippen LogP) is 5.60. The van der Waals surface area contributed by atoms with E-state index in [0.29, 0.717) is 17.1 Å². The van der Waals surface area contributed by atoms with E-state index in [0.717, 1.165) is 28.4 Å². The summed E-state index contributed by atoms with van der Waals surface area (Å²) in [5.41, 5.74) is 8.09. The minimum absolute atomic E-state index is 0.351. The Kier molecular flexibility index (Phi) is 7.90. The first-order valence-electron chi connectivity index (χ1n) is 9.65. The molecule has 0 fully saturated rings. The summed E-state index contributed by atoms with van der Waals surface area (Å²) in [6.07, 6.45) is 2.53. The topological polar surface area (TPSA) is 73.9 Å². The summed E-state index contributed by atoms with van der Waals surface area (Å²) >= 11 is 1.72. The van der Waals surface area contributed by atoms with Crippen molar-refractivity contribution in [2.45, 2.75) is 12.2 Å². The van der Waals surface area contributed by atoms with Gasteiger partial charge in [0, 0.05) is 23.3 Å². The first-order valence-corrected chi connectivity index (χ1v) is 10.6. The zero-order valence-electron chi connectivity index (χ0n) is 17.3. The highest BCUT2D eigenvalue weighted by Crippen LogP contribution is 2.28. The van der Waals surface area contributed by atoms with E-state index in [9.17, 15) is 4.79 Å². The fourth-order valence-corrected chi connectivity index (χ4v) is 3.86. The third-order valence-electron chi connectivity index (χ3n) is 4.50. The van der Waals surface area contributed by atoms with Crippen molar-refractivity contribution in [3.63, 3.8) is 0 Å². The van der Waals surface area contributed by atoms with Crippen molar-refractivity contribution in [1.29, 1.82) is 0 Å². The van der Waals surface area contributed by atoms with Crippen LogP contribution in [0.25, 0.3) is 0 Å². The molecule has 0 saturated carbocycles. The number of primary amides is 1. The van der Waals surface area contributed by atoms with E-state index in [1.807, 2.05) is 36.4 Å². The Bertz CT molecular complexity index is 1060. The van der Waals surface area contributed by atoms with Crippen molar-refractivity contribution in [1.82, 2.24) is 0 Å². The Balaban J connectivity index is 1.63. The van der Waals surface area contributed by atoms with Gasteiger partial charge < -0.3 is 15.2 Å². The van der Waals surface area contributed by atoms with Gasteiger partial charge in [-0.25, -0.2) is 0 Å². The fourth-order valence-electron chi connectivity index (χ4n) is 2.90. The van der Waals surface area contributed by atoms with E-state index in [-0.39, 0.29) is 0 Å². The van der Waals surface area contributed by atoms with Crippen LogP contribution in [0.2, 0.25) is 0 Å². The molecule has 0 bridgehead atoms. The molecule has 3 aromatic rings. The van der Waals surface area contributed by atoms with E-state index in [1.165, 1.54) is 5.56 Å². The van der Waals surface area contributed by atoms with Crippen LogP contribution >= 0.6 is 11.8 Å². The maximum Gasteiger partial charge on any atom is 0.252 e. The van der Waals surface area contributed by atoms with Crippen molar-refractivity contribution in [3.8, 4) is 17.2 Å². The van der Waals surface area contributed by atoms with Crippen LogP contribution in [0, 0.1) is 0 Å². The standard InChI is InChI=1S/C25H24N2O3S/c1-27-16-22(31-17-19-9-11-20(29-2)12-10-19)15-18-7-13-21(14-8-18)30-24-6-4-3-5-23(24)25(26)28/h3-14,16H,1,15,17H2,2H3,(H2,26,28)/b22-16-. The first kappa shape index (κ1) is 22.2. The number of carbonyl (C=O) groups is 1. The van der Waals surface area contributed by atoms with Gasteiger partial charge in [-0.15, -0.1) is 11.8 Å². The van der Waals surface area contributed by atoms with Crippen LogP contribution in [0.15, 0.2) is 88.9 Å². The van der Waals surface area contributed by atoms with Gasteiger partial charge >= 0.3 is 0 Å². The predicted molar refractivity (Wildman–Crippen MR) is 127 cm³/mol. The molecule has 0 atom stereocenters. The molecule has 0 aliphatic rings. The second-order valence-corrected chi connectivity index (χ2v) is 7.80. The number of nitrogens with zero attached hydrogens (tertiary/aromatic N) is 1. The molecule has 0 aromatic heterocycles. The lowest BCUT2D eigenvalue weighted by atomic mass is 10.1. The highest BCUT2D eigenvalue weighted by Gasteiger charge is 2.09. The van der Waals surface area contributed by atoms with Gasteiger partial charge in [0.1, 0.15) is 17.2 Å². The number of allylic oxidation sites excluding steroid dienone is 1. The number of hydrogen-bond donors (Lipinski definition) is 1. The third-order valence-corrected chi connectivity index (χ3v) is 5.60. The lowest BCUT2D eigenvalue weighted by Gasteiger charge is -2.11. The minimum Gasteiger partial charge on any atom is -0.497 e. The zero-order chi connectivity index (χ0) is 22.1. The van der Waals surface area contributed by atoms with Crippen molar-refractivity contribution in [2.24, 2.45) is 10.7 Å². The summed E-state index contributed by atoms with van der Waals surface area (Å²) in [5.74, 6) is 2.23. The summed E-state index contributed by atoms with van der Waals surface area (Å²) in [4.78, 5) is 16.6. The molecule has 2 N–H and O–H groups in total. The van der Waals surface area contributed by atoms with Crippen molar-refractivity contribution < 1.29 is 14.3 Å². The van der Waals surface area contributed by atoms with Gasteiger partial charge in [-0.2, -0.15) is 0 Å². The number of carbonyl (C=O) groups excluding carboxylic acids is 1. The SMILES string of the molecule is C=N/C=C(/Cc1ccc(Oc2ccccc2C(N)=O)cc1)SCc1ccc(OC)cc1. The number of rotatable bonds is 10. The second-order valence-electron chi connectivity index (χ2n) is 6.70. The third kappa shape index (κ3) is 6.49. The van der Waals surface area contributed by atoms with E-state index in [4.69, 9.17) is 15.2 Å². The monoisotopic (exact) mass is 432 g/mol. The lowest BCUT2D eigenvalue weighted by Crippen LogP contribution is -2.11. The van der Waals surface area contributed by atoms with Crippen LogP contribution in [0.1, 0.15) is 21.5 Å².